The number of benzene rings is 1. The number of nitrogens with one attached hydrogen (secondary N) is 1. The van der Waals surface area contributed by atoms with Gasteiger partial charge in [-0.1, -0.05) is 6.07 Å². The third kappa shape index (κ3) is 3.63. The number of rotatable bonds is 5. The van der Waals surface area contributed by atoms with Gasteiger partial charge in [-0.2, -0.15) is 0 Å². The van der Waals surface area contributed by atoms with Crippen molar-refractivity contribution in [2.75, 3.05) is 7.11 Å². The summed E-state index contributed by atoms with van der Waals surface area (Å²) in [6.45, 7) is 3.47. The van der Waals surface area contributed by atoms with Crippen molar-refractivity contribution >= 4 is 10.0 Å². The van der Waals surface area contributed by atoms with E-state index in [2.05, 4.69) is 4.72 Å². The Morgan fingerprint density at radius 1 is 1.29 bits per heavy atom. The third-order valence-corrected chi connectivity index (χ3v) is 5.80. The van der Waals surface area contributed by atoms with E-state index in [0.29, 0.717) is 17.5 Å². The number of sulfonamides is 1. The molecule has 6 heteroatoms. The zero-order chi connectivity index (χ0) is 15.6. The molecule has 2 atom stereocenters. The van der Waals surface area contributed by atoms with E-state index in [0.717, 1.165) is 18.4 Å². The first kappa shape index (κ1) is 16.4. The fourth-order valence-corrected chi connectivity index (χ4v) is 4.44. The van der Waals surface area contributed by atoms with E-state index in [4.69, 9.17) is 4.74 Å². The Hall–Kier alpha value is -0.950. The Balaban J connectivity index is 2.24. The van der Waals surface area contributed by atoms with E-state index < -0.39 is 10.0 Å². The number of ether oxygens (including phenoxy) is 1. The van der Waals surface area contributed by atoms with Gasteiger partial charge < -0.3 is 9.84 Å². The number of hydrogen-bond acceptors (Lipinski definition) is 4. The van der Waals surface area contributed by atoms with Crippen LogP contribution in [0.25, 0.3) is 0 Å². The summed E-state index contributed by atoms with van der Waals surface area (Å²) in [4.78, 5) is 0.248. The summed E-state index contributed by atoms with van der Waals surface area (Å²) in [7, 11) is -1.92. The molecule has 0 aromatic heterocycles. The van der Waals surface area contributed by atoms with Crippen LogP contribution in [0.3, 0.4) is 0 Å². The van der Waals surface area contributed by atoms with E-state index in [1.54, 1.807) is 26.2 Å². The predicted molar refractivity (Wildman–Crippen MR) is 80.6 cm³/mol. The van der Waals surface area contributed by atoms with Gasteiger partial charge in [-0.15, -0.1) is 0 Å². The second-order valence-electron chi connectivity index (χ2n) is 5.69. The first-order valence-corrected chi connectivity index (χ1v) is 8.61. The summed E-state index contributed by atoms with van der Waals surface area (Å²) in [5, 5.41) is 9.32. The zero-order valence-electron chi connectivity index (χ0n) is 12.7. The molecule has 0 radical (unpaired) electrons. The molecule has 5 nitrogen and oxygen atoms in total. The zero-order valence-corrected chi connectivity index (χ0v) is 13.5. The molecule has 21 heavy (non-hydrogen) atoms. The number of hydrogen-bond donors (Lipinski definition) is 2. The van der Waals surface area contributed by atoms with Crippen molar-refractivity contribution in [1.82, 2.24) is 4.72 Å². The minimum Gasteiger partial charge on any atom is -0.392 e. The van der Waals surface area contributed by atoms with E-state index in [-0.39, 0.29) is 23.6 Å². The highest BCUT2D eigenvalue weighted by Gasteiger charge is 2.29. The Morgan fingerprint density at radius 2 is 2.00 bits per heavy atom. The molecule has 1 aromatic rings. The number of aliphatic hydroxyl groups is 1. The standard InChI is InChI=1S/C15H23NO4S/c1-10-6-11(2)15(7-12(10)9-17)21(18,19)16-13-4-5-14(8-13)20-3/h6-7,13-14,16-17H,4-5,8-9H2,1-3H3. The van der Waals surface area contributed by atoms with Gasteiger partial charge in [0.05, 0.1) is 17.6 Å². The molecule has 1 aliphatic carbocycles. The molecule has 1 fully saturated rings. The van der Waals surface area contributed by atoms with Crippen LogP contribution in [0.5, 0.6) is 0 Å². The number of aliphatic hydroxyl groups excluding tert-OH is 1. The van der Waals surface area contributed by atoms with Crippen LogP contribution in [0, 0.1) is 13.8 Å². The molecule has 0 aliphatic heterocycles. The van der Waals surface area contributed by atoms with Crippen molar-refractivity contribution in [1.29, 1.82) is 0 Å². The lowest BCUT2D eigenvalue weighted by Crippen LogP contribution is -2.34. The molecule has 1 aliphatic rings. The van der Waals surface area contributed by atoms with Crippen LogP contribution in [0.4, 0.5) is 0 Å². The third-order valence-electron chi connectivity index (χ3n) is 4.13. The van der Waals surface area contributed by atoms with E-state index in [1.165, 1.54) is 0 Å². The van der Waals surface area contributed by atoms with Crippen molar-refractivity contribution in [3.05, 3.63) is 28.8 Å². The van der Waals surface area contributed by atoms with Gasteiger partial charge in [0, 0.05) is 13.2 Å². The summed E-state index contributed by atoms with van der Waals surface area (Å²) in [5.74, 6) is 0. The number of methoxy groups -OCH3 is 1. The minimum absolute atomic E-state index is 0.0850. The van der Waals surface area contributed by atoms with Crippen LogP contribution < -0.4 is 4.72 Å². The molecule has 2 rings (SSSR count). The SMILES string of the molecule is COC1CCC(NS(=O)(=O)c2cc(CO)c(C)cc2C)C1. The molecular formula is C15H23NO4S. The lowest BCUT2D eigenvalue weighted by molar-refractivity contribution is 0.107. The quantitative estimate of drug-likeness (QED) is 0.866. The van der Waals surface area contributed by atoms with Gasteiger partial charge in [0.1, 0.15) is 0 Å². The van der Waals surface area contributed by atoms with Gasteiger partial charge in [-0.25, -0.2) is 13.1 Å². The van der Waals surface area contributed by atoms with Crippen LogP contribution in [-0.2, 0) is 21.4 Å². The molecule has 0 spiro atoms. The van der Waals surface area contributed by atoms with Crippen molar-refractivity contribution in [3.63, 3.8) is 0 Å². The van der Waals surface area contributed by atoms with E-state index in [1.807, 2.05) is 6.92 Å². The Kier molecular flexibility index (Phi) is 5.03. The first-order chi connectivity index (χ1) is 9.87. The highest BCUT2D eigenvalue weighted by atomic mass is 32.2. The molecule has 2 N–H and O–H groups in total. The summed E-state index contributed by atoms with van der Waals surface area (Å²) >= 11 is 0. The van der Waals surface area contributed by atoms with Crippen LogP contribution in [0.15, 0.2) is 17.0 Å². The molecule has 0 amide bonds. The fourth-order valence-electron chi connectivity index (χ4n) is 2.88. The molecule has 0 heterocycles. The van der Waals surface area contributed by atoms with E-state index in [9.17, 15) is 13.5 Å². The first-order valence-electron chi connectivity index (χ1n) is 7.13. The van der Waals surface area contributed by atoms with Crippen molar-refractivity contribution in [2.24, 2.45) is 0 Å². The molecular weight excluding hydrogens is 290 g/mol. The molecule has 2 unspecified atom stereocenters. The largest absolute Gasteiger partial charge is 0.392 e. The van der Waals surface area contributed by atoms with E-state index >= 15 is 0 Å². The lowest BCUT2D eigenvalue weighted by Gasteiger charge is -2.16. The molecule has 118 valence electrons. The van der Waals surface area contributed by atoms with Crippen LogP contribution in [0.1, 0.15) is 36.0 Å². The van der Waals surface area contributed by atoms with Gasteiger partial charge >= 0.3 is 0 Å². The second-order valence-corrected chi connectivity index (χ2v) is 7.37. The van der Waals surface area contributed by atoms with Crippen LogP contribution in [0.2, 0.25) is 0 Å². The van der Waals surface area contributed by atoms with Gasteiger partial charge in [0.2, 0.25) is 10.0 Å². The topological polar surface area (TPSA) is 75.6 Å². The summed E-state index contributed by atoms with van der Waals surface area (Å²) in [6.07, 6.45) is 2.49. The van der Waals surface area contributed by atoms with Crippen molar-refractivity contribution in [2.45, 2.75) is 56.8 Å². The van der Waals surface area contributed by atoms with Crippen LogP contribution in [-0.4, -0.2) is 32.8 Å². The lowest BCUT2D eigenvalue weighted by atomic mass is 10.1. The molecule has 0 bridgehead atoms. The minimum atomic E-state index is -3.57. The molecule has 1 saturated carbocycles. The summed E-state index contributed by atoms with van der Waals surface area (Å²) in [5.41, 5.74) is 2.23. The smallest absolute Gasteiger partial charge is 0.241 e. The Labute approximate surface area is 126 Å². The average Bonchev–Trinajstić information content (AvgIpc) is 2.85. The fraction of sp³-hybridized carbons (Fsp3) is 0.600. The highest BCUT2D eigenvalue weighted by molar-refractivity contribution is 7.89. The molecule has 1 aromatic carbocycles. The Bertz CT molecular complexity index is 612. The highest BCUT2D eigenvalue weighted by Crippen LogP contribution is 2.25. The Morgan fingerprint density at radius 3 is 2.57 bits per heavy atom. The summed E-state index contributed by atoms with van der Waals surface area (Å²) < 4.78 is 33.1. The van der Waals surface area contributed by atoms with Crippen molar-refractivity contribution < 1.29 is 18.3 Å². The van der Waals surface area contributed by atoms with Gasteiger partial charge in [-0.05, 0) is 55.9 Å². The van der Waals surface area contributed by atoms with Gasteiger partial charge in [0.25, 0.3) is 0 Å². The average molecular weight is 313 g/mol. The maximum absolute atomic E-state index is 12.5. The maximum Gasteiger partial charge on any atom is 0.241 e. The summed E-state index contributed by atoms with van der Waals surface area (Å²) in [6, 6.07) is 3.28. The normalized spacial score (nSPS) is 22.7. The van der Waals surface area contributed by atoms with Gasteiger partial charge in [-0.3, -0.25) is 0 Å². The van der Waals surface area contributed by atoms with Gasteiger partial charge in [0.15, 0.2) is 0 Å². The monoisotopic (exact) mass is 313 g/mol. The second kappa shape index (κ2) is 6.44. The van der Waals surface area contributed by atoms with Crippen LogP contribution >= 0.6 is 0 Å². The predicted octanol–water partition coefficient (Wildman–Crippen LogP) is 1.64. The number of aryl methyl sites for hydroxylation is 2. The molecule has 0 saturated heterocycles. The van der Waals surface area contributed by atoms with Crippen molar-refractivity contribution in [3.8, 4) is 0 Å². The maximum atomic E-state index is 12.5.